The first-order valence-corrected chi connectivity index (χ1v) is 4.68. The minimum Gasteiger partial charge on any atom is -0.359 e. The highest BCUT2D eigenvalue weighted by atomic mass is 16.5. The number of carbonyl (C=O) groups is 1. The van der Waals surface area contributed by atoms with Gasteiger partial charge in [0.1, 0.15) is 5.60 Å². The third kappa shape index (κ3) is 2.00. The maximum absolute atomic E-state index is 11.7. The van der Waals surface area contributed by atoms with E-state index in [4.69, 9.17) is 10.5 Å². The summed E-state index contributed by atoms with van der Waals surface area (Å²) in [5, 5.41) is 0. The van der Waals surface area contributed by atoms with Gasteiger partial charge < -0.3 is 15.4 Å². The van der Waals surface area contributed by atoms with Gasteiger partial charge in [-0.25, -0.2) is 0 Å². The van der Waals surface area contributed by atoms with Crippen molar-refractivity contribution in [2.75, 3.05) is 19.6 Å². The average Bonchev–Trinajstić information content (AvgIpc) is 2.09. The van der Waals surface area contributed by atoms with Crippen molar-refractivity contribution in [3.8, 4) is 0 Å². The van der Waals surface area contributed by atoms with Crippen molar-refractivity contribution in [1.82, 2.24) is 4.90 Å². The van der Waals surface area contributed by atoms with Crippen LogP contribution in [-0.4, -0.2) is 42.1 Å². The Balaban J connectivity index is 2.75. The van der Waals surface area contributed by atoms with Crippen LogP contribution < -0.4 is 5.73 Å². The number of hydrogen-bond donors (Lipinski definition) is 1. The summed E-state index contributed by atoms with van der Waals surface area (Å²) < 4.78 is 5.55. The molecule has 1 saturated heterocycles. The first kappa shape index (κ1) is 10.5. The molecule has 0 saturated carbocycles. The summed E-state index contributed by atoms with van der Waals surface area (Å²) in [4.78, 5) is 13.5. The second kappa shape index (κ2) is 3.64. The van der Waals surface area contributed by atoms with Crippen molar-refractivity contribution in [3.63, 3.8) is 0 Å². The van der Waals surface area contributed by atoms with Crippen molar-refractivity contribution in [3.05, 3.63) is 0 Å². The maximum atomic E-state index is 11.7. The fourth-order valence-corrected chi connectivity index (χ4v) is 1.61. The van der Waals surface area contributed by atoms with E-state index in [-0.39, 0.29) is 12.0 Å². The van der Waals surface area contributed by atoms with E-state index >= 15 is 0 Å². The molecule has 1 fully saturated rings. The molecule has 0 radical (unpaired) electrons. The van der Waals surface area contributed by atoms with Gasteiger partial charge >= 0.3 is 0 Å². The molecule has 13 heavy (non-hydrogen) atoms. The first-order chi connectivity index (χ1) is 6.01. The molecule has 0 aromatic carbocycles. The van der Waals surface area contributed by atoms with Gasteiger partial charge in [-0.3, -0.25) is 4.79 Å². The van der Waals surface area contributed by atoms with Crippen LogP contribution in [0, 0.1) is 0 Å². The zero-order valence-corrected chi connectivity index (χ0v) is 8.54. The Morgan fingerprint density at radius 2 is 2.31 bits per heavy atom. The monoisotopic (exact) mass is 186 g/mol. The normalized spacial score (nSPS) is 27.8. The van der Waals surface area contributed by atoms with E-state index in [1.165, 1.54) is 0 Å². The first-order valence-electron chi connectivity index (χ1n) is 4.68. The van der Waals surface area contributed by atoms with Gasteiger partial charge in [0.05, 0.1) is 6.10 Å². The summed E-state index contributed by atoms with van der Waals surface area (Å²) >= 11 is 0. The zero-order chi connectivity index (χ0) is 10.1. The van der Waals surface area contributed by atoms with E-state index in [2.05, 4.69) is 0 Å². The molecule has 1 unspecified atom stereocenters. The molecule has 0 aromatic heterocycles. The fourth-order valence-electron chi connectivity index (χ4n) is 1.61. The Morgan fingerprint density at radius 3 is 2.77 bits per heavy atom. The Hall–Kier alpha value is -0.610. The number of ether oxygens (including phenoxy) is 1. The lowest BCUT2D eigenvalue weighted by Gasteiger charge is -2.41. The van der Waals surface area contributed by atoms with Crippen LogP contribution in [0.2, 0.25) is 0 Å². The van der Waals surface area contributed by atoms with Crippen LogP contribution in [0.4, 0.5) is 0 Å². The molecule has 2 N–H and O–H groups in total. The topological polar surface area (TPSA) is 55.6 Å². The highest BCUT2D eigenvalue weighted by molar-refractivity contribution is 5.85. The molecule has 4 nitrogen and oxygen atoms in total. The number of likely N-dealkylation sites (N-methyl/N-ethyl adjacent to an activating group) is 1. The van der Waals surface area contributed by atoms with Crippen LogP contribution in [0.15, 0.2) is 0 Å². The molecule has 1 rings (SSSR count). The quantitative estimate of drug-likeness (QED) is 0.659. The molecule has 76 valence electrons. The molecule has 1 aliphatic rings. The van der Waals surface area contributed by atoms with E-state index in [0.29, 0.717) is 13.1 Å². The summed E-state index contributed by atoms with van der Waals surface area (Å²) in [5.41, 5.74) is 4.81. The van der Waals surface area contributed by atoms with Gasteiger partial charge in [-0.2, -0.15) is 0 Å². The third-order valence-electron chi connectivity index (χ3n) is 2.33. The van der Waals surface area contributed by atoms with Crippen LogP contribution in [0.3, 0.4) is 0 Å². The third-order valence-corrected chi connectivity index (χ3v) is 2.33. The Kier molecular flexibility index (Phi) is 2.93. The molecule has 4 heteroatoms. The molecular formula is C9H18N2O2. The molecule has 1 aliphatic heterocycles. The zero-order valence-electron chi connectivity index (χ0n) is 8.54. The average molecular weight is 186 g/mol. The van der Waals surface area contributed by atoms with Crippen LogP contribution >= 0.6 is 0 Å². The van der Waals surface area contributed by atoms with Gasteiger partial charge in [0.15, 0.2) is 0 Å². The van der Waals surface area contributed by atoms with Crippen LogP contribution in [0.5, 0.6) is 0 Å². The highest BCUT2D eigenvalue weighted by Gasteiger charge is 2.39. The van der Waals surface area contributed by atoms with Crippen LogP contribution in [0.1, 0.15) is 20.8 Å². The fraction of sp³-hybridized carbons (Fsp3) is 0.889. The van der Waals surface area contributed by atoms with Gasteiger partial charge in [-0.05, 0) is 20.8 Å². The van der Waals surface area contributed by atoms with Gasteiger partial charge in [-0.15, -0.1) is 0 Å². The number of morpholine rings is 1. The van der Waals surface area contributed by atoms with E-state index in [1.807, 2.05) is 6.92 Å². The lowest BCUT2D eigenvalue weighted by Crippen LogP contribution is -2.58. The summed E-state index contributed by atoms with van der Waals surface area (Å²) in [6.45, 7) is 7.36. The van der Waals surface area contributed by atoms with Gasteiger partial charge in [-0.1, -0.05) is 0 Å². The van der Waals surface area contributed by atoms with Crippen LogP contribution in [-0.2, 0) is 9.53 Å². The highest BCUT2D eigenvalue weighted by Crippen LogP contribution is 2.21. The summed E-state index contributed by atoms with van der Waals surface area (Å²) in [7, 11) is 0. The van der Waals surface area contributed by atoms with E-state index in [9.17, 15) is 4.79 Å². The van der Waals surface area contributed by atoms with Gasteiger partial charge in [0, 0.05) is 19.6 Å². The standard InChI is InChI=1S/C9H18N2O2/c1-4-11-6-7(5-10)13-9(2,3)8(11)12/h7H,4-6,10H2,1-3H3. The predicted molar refractivity (Wildman–Crippen MR) is 50.3 cm³/mol. The summed E-state index contributed by atoms with van der Waals surface area (Å²) in [5.74, 6) is 0.0553. The van der Waals surface area contributed by atoms with Crippen molar-refractivity contribution in [2.24, 2.45) is 5.73 Å². The van der Waals surface area contributed by atoms with E-state index in [1.54, 1.807) is 18.7 Å². The summed E-state index contributed by atoms with van der Waals surface area (Å²) in [6, 6.07) is 0. The lowest BCUT2D eigenvalue weighted by atomic mass is 10.0. The van der Waals surface area contributed by atoms with Crippen molar-refractivity contribution in [2.45, 2.75) is 32.5 Å². The molecule has 1 heterocycles. The maximum Gasteiger partial charge on any atom is 0.254 e. The number of amides is 1. The summed E-state index contributed by atoms with van der Waals surface area (Å²) in [6.07, 6.45) is -0.0207. The van der Waals surface area contributed by atoms with E-state index < -0.39 is 5.60 Å². The number of rotatable bonds is 2. The Morgan fingerprint density at radius 1 is 1.69 bits per heavy atom. The van der Waals surface area contributed by atoms with Crippen molar-refractivity contribution in [1.29, 1.82) is 0 Å². The smallest absolute Gasteiger partial charge is 0.254 e. The largest absolute Gasteiger partial charge is 0.359 e. The number of hydrogen-bond acceptors (Lipinski definition) is 3. The molecule has 0 aromatic rings. The van der Waals surface area contributed by atoms with E-state index in [0.717, 1.165) is 6.54 Å². The van der Waals surface area contributed by atoms with Crippen molar-refractivity contribution >= 4 is 5.91 Å². The molecule has 0 bridgehead atoms. The van der Waals surface area contributed by atoms with Crippen LogP contribution in [0.25, 0.3) is 0 Å². The molecule has 1 atom stereocenters. The molecule has 0 aliphatic carbocycles. The number of nitrogens with zero attached hydrogens (tertiary/aromatic N) is 1. The Bertz CT molecular complexity index is 204. The molecular weight excluding hydrogens is 168 g/mol. The molecule has 0 spiro atoms. The minimum atomic E-state index is -0.710. The van der Waals surface area contributed by atoms with Gasteiger partial charge in [0.2, 0.25) is 0 Å². The lowest BCUT2D eigenvalue weighted by molar-refractivity contribution is -0.177. The second-order valence-corrected chi connectivity index (χ2v) is 3.83. The molecule has 1 amide bonds. The van der Waals surface area contributed by atoms with Crippen molar-refractivity contribution < 1.29 is 9.53 Å². The number of nitrogens with two attached hydrogens (primary N) is 1. The Labute approximate surface area is 79.0 Å². The minimum absolute atomic E-state index is 0.0207. The second-order valence-electron chi connectivity index (χ2n) is 3.83. The predicted octanol–water partition coefficient (Wildman–Crippen LogP) is -0.0290. The number of carbonyl (C=O) groups excluding carboxylic acids is 1. The SMILES string of the molecule is CCN1CC(CN)OC(C)(C)C1=O. The van der Waals surface area contributed by atoms with Gasteiger partial charge in [0.25, 0.3) is 5.91 Å².